The topological polar surface area (TPSA) is 13.1 Å². The fourth-order valence-electron chi connectivity index (χ4n) is 1.71. The Morgan fingerprint density at radius 2 is 1.81 bits per heavy atom. The Bertz CT molecular complexity index is 515. The zero-order chi connectivity index (χ0) is 10.8. The van der Waals surface area contributed by atoms with Crippen LogP contribution in [0.15, 0.2) is 64.6 Å². The van der Waals surface area contributed by atoms with Gasteiger partial charge in [-0.15, -0.1) is 11.3 Å². The van der Waals surface area contributed by atoms with Crippen molar-refractivity contribution in [2.45, 2.75) is 0 Å². The van der Waals surface area contributed by atoms with Gasteiger partial charge in [0.15, 0.2) is 0 Å². The van der Waals surface area contributed by atoms with E-state index in [0.717, 1.165) is 11.3 Å². The van der Waals surface area contributed by atoms with E-state index < -0.39 is 0 Å². The predicted octanol–water partition coefficient (Wildman–Crippen LogP) is 4.68. The molecule has 0 N–H and O–H groups in total. The molecule has 1 nitrogen and oxygen atoms in total. The maximum atomic E-state index is 5.40. The van der Waals surface area contributed by atoms with Crippen LogP contribution in [0, 0.1) is 0 Å². The number of hydrogen-bond donors (Lipinski definition) is 0. The van der Waals surface area contributed by atoms with Crippen LogP contribution in [0.2, 0.25) is 0 Å². The van der Waals surface area contributed by atoms with Gasteiger partial charge in [-0.05, 0) is 35.2 Å². The number of hydrogen-bond acceptors (Lipinski definition) is 2. The SMILES string of the molecule is c1cc(-c2ccco2)cc(-c2cccs2)c1. The lowest BCUT2D eigenvalue weighted by Crippen LogP contribution is -1.76. The average molecular weight is 226 g/mol. The van der Waals surface area contributed by atoms with E-state index in [9.17, 15) is 0 Å². The molecule has 0 saturated heterocycles. The van der Waals surface area contributed by atoms with E-state index in [4.69, 9.17) is 4.42 Å². The van der Waals surface area contributed by atoms with Gasteiger partial charge in [0.25, 0.3) is 0 Å². The van der Waals surface area contributed by atoms with Gasteiger partial charge < -0.3 is 4.42 Å². The molecule has 16 heavy (non-hydrogen) atoms. The second-order valence-corrected chi connectivity index (χ2v) is 4.48. The van der Waals surface area contributed by atoms with Crippen molar-refractivity contribution in [2.24, 2.45) is 0 Å². The van der Waals surface area contributed by atoms with Gasteiger partial charge in [0.2, 0.25) is 0 Å². The fourth-order valence-corrected chi connectivity index (χ4v) is 2.44. The second kappa shape index (κ2) is 3.99. The largest absolute Gasteiger partial charge is 0.464 e. The first-order valence-corrected chi connectivity index (χ1v) is 5.99. The summed E-state index contributed by atoms with van der Waals surface area (Å²) < 4.78 is 5.40. The van der Waals surface area contributed by atoms with Crippen LogP contribution in [0.5, 0.6) is 0 Å². The Morgan fingerprint density at radius 3 is 2.56 bits per heavy atom. The van der Waals surface area contributed by atoms with Crippen molar-refractivity contribution in [1.29, 1.82) is 0 Å². The van der Waals surface area contributed by atoms with Gasteiger partial charge in [-0.25, -0.2) is 0 Å². The Morgan fingerprint density at radius 1 is 0.875 bits per heavy atom. The first-order chi connectivity index (χ1) is 7.93. The van der Waals surface area contributed by atoms with Gasteiger partial charge in [-0.3, -0.25) is 0 Å². The summed E-state index contributed by atoms with van der Waals surface area (Å²) >= 11 is 1.75. The van der Waals surface area contributed by atoms with E-state index in [1.165, 1.54) is 10.4 Å². The van der Waals surface area contributed by atoms with Crippen molar-refractivity contribution in [2.75, 3.05) is 0 Å². The van der Waals surface area contributed by atoms with E-state index in [-0.39, 0.29) is 0 Å². The van der Waals surface area contributed by atoms with Gasteiger partial charge >= 0.3 is 0 Å². The third-order valence-corrected chi connectivity index (χ3v) is 3.39. The Balaban J connectivity index is 2.07. The molecular weight excluding hydrogens is 216 g/mol. The lowest BCUT2D eigenvalue weighted by molar-refractivity contribution is 0.582. The summed E-state index contributed by atoms with van der Waals surface area (Å²) in [5.41, 5.74) is 2.36. The van der Waals surface area contributed by atoms with Gasteiger partial charge in [0.05, 0.1) is 6.26 Å². The third-order valence-electron chi connectivity index (χ3n) is 2.47. The molecule has 3 aromatic rings. The minimum absolute atomic E-state index is 0.915. The highest BCUT2D eigenvalue weighted by Gasteiger charge is 2.03. The molecule has 0 radical (unpaired) electrons. The van der Waals surface area contributed by atoms with Gasteiger partial charge in [0, 0.05) is 10.4 Å². The van der Waals surface area contributed by atoms with Crippen molar-refractivity contribution in [3.63, 3.8) is 0 Å². The van der Waals surface area contributed by atoms with E-state index >= 15 is 0 Å². The van der Waals surface area contributed by atoms with Crippen molar-refractivity contribution >= 4 is 11.3 Å². The fraction of sp³-hybridized carbons (Fsp3) is 0. The minimum Gasteiger partial charge on any atom is -0.464 e. The smallest absolute Gasteiger partial charge is 0.133 e. The molecule has 0 aliphatic rings. The normalized spacial score (nSPS) is 10.5. The van der Waals surface area contributed by atoms with E-state index in [1.54, 1.807) is 17.6 Å². The highest BCUT2D eigenvalue weighted by molar-refractivity contribution is 7.13. The molecule has 0 amide bonds. The summed E-state index contributed by atoms with van der Waals surface area (Å²) in [4.78, 5) is 1.29. The zero-order valence-electron chi connectivity index (χ0n) is 8.59. The lowest BCUT2D eigenvalue weighted by Gasteiger charge is -2.00. The van der Waals surface area contributed by atoms with E-state index in [2.05, 4.69) is 41.8 Å². The first-order valence-electron chi connectivity index (χ1n) is 5.11. The molecule has 0 spiro atoms. The van der Waals surface area contributed by atoms with E-state index in [1.807, 2.05) is 12.1 Å². The maximum Gasteiger partial charge on any atom is 0.133 e. The molecule has 0 aliphatic heterocycles. The first kappa shape index (κ1) is 9.43. The van der Waals surface area contributed by atoms with Gasteiger partial charge in [-0.1, -0.05) is 24.3 Å². The van der Waals surface area contributed by atoms with Crippen LogP contribution in [-0.2, 0) is 0 Å². The molecule has 0 aliphatic carbocycles. The van der Waals surface area contributed by atoms with Gasteiger partial charge in [-0.2, -0.15) is 0 Å². The highest BCUT2D eigenvalue weighted by atomic mass is 32.1. The van der Waals surface area contributed by atoms with Crippen LogP contribution in [-0.4, -0.2) is 0 Å². The summed E-state index contributed by atoms with van der Waals surface area (Å²) in [6, 6.07) is 16.5. The molecule has 0 bridgehead atoms. The molecule has 0 unspecified atom stereocenters. The third kappa shape index (κ3) is 1.68. The molecule has 0 atom stereocenters. The van der Waals surface area contributed by atoms with Gasteiger partial charge in [0.1, 0.15) is 5.76 Å². The molecule has 0 fully saturated rings. The summed E-state index contributed by atoms with van der Waals surface area (Å²) in [7, 11) is 0. The van der Waals surface area contributed by atoms with E-state index in [0.29, 0.717) is 0 Å². The Kier molecular flexibility index (Phi) is 2.35. The van der Waals surface area contributed by atoms with Crippen molar-refractivity contribution in [3.05, 3.63) is 60.2 Å². The summed E-state index contributed by atoms with van der Waals surface area (Å²) in [6.07, 6.45) is 1.70. The molecule has 1 aromatic carbocycles. The standard InChI is InChI=1S/C14H10OS/c1-4-11(13-6-2-8-15-13)10-12(5-1)14-7-3-9-16-14/h1-10H. The maximum absolute atomic E-state index is 5.40. The summed E-state index contributed by atoms with van der Waals surface area (Å²) in [5.74, 6) is 0.915. The molecule has 2 aromatic heterocycles. The molecule has 2 heterocycles. The lowest BCUT2D eigenvalue weighted by atomic mass is 10.1. The monoisotopic (exact) mass is 226 g/mol. The van der Waals surface area contributed by atoms with Crippen LogP contribution >= 0.6 is 11.3 Å². The minimum atomic E-state index is 0.915. The number of thiophene rings is 1. The van der Waals surface area contributed by atoms with Crippen LogP contribution in [0.4, 0.5) is 0 Å². The highest BCUT2D eigenvalue weighted by Crippen LogP contribution is 2.29. The molecule has 3 rings (SSSR count). The average Bonchev–Trinajstić information content (AvgIpc) is 3.03. The van der Waals surface area contributed by atoms with Crippen molar-refractivity contribution in [1.82, 2.24) is 0 Å². The van der Waals surface area contributed by atoms with Crippen molar-refractivity contribution < 1.29 is 4.42 Å². The van der Waals surface area contributed by atoms with Crippen LogP contribution < -0.4 is 0 Å². The Hall–Kier alpha value is -1.80. The molecule has 78 valence electrons. The zero-order valence-corrected chi connectivity index (χ0v) is 9.41. The second-order valence-electron chi connectivity index (χ2n) is 3.54. The number of furan rings is 1. The predicted molar refractivity (Wildman–Crippen MR) is 67.5 cm³/mol. The van der Waals surface area contributed by atoms with Crippen LogP contribution in [0.25, 0.3) is 21.8 Å². The molecular formula is C14H10OS. The quantitative estimate of drug-likeness (QED) is 0.618. The Labute approximate surface area is 98.0 Å². The molecule has 0 saturated carbocycles. The summed E-state index contributed by atoms with van der Waals surface area (Å²) in [5, 5.41) is 2.09. The summed E-state index contributed by atoms with van der Waals surface area (Å²) in [6.45, 7) is 0. The molecule has 2 heteroatoms. The number of benzene rings is 1. The number of rotatable bonds is 2. The van der Waals surface area contributed by atoms with Crippen molar-refractivity contribution in [3.8, 4) is 21.8 Å². The van der Waals surface area contributed by atoms with Crippen LogP contribution in [0.1, 0.15) is 0 Å². The van der Waals surface area contributed by atoms with Crippen LogP contribution in [0.3, 0.4) is 0 Å².